The maximum atomic E-state index is 3.58. The molecule has 0 bridgehead atoms. The molecular formula is C14H28N2. The van der Waals surface area contributed by atoms with E-state index in [1.54, 1.807) is 0 Å². The molecule has 0 heterocycles. The molecule has 0 amide bonds. The average molecular weight is 224 g/mol. The molecule has 2 heteroatoms. The smallest absolute Gasteiger partial charge is 0.00472 e. The average Bonchev–Trinajstić information content (AvgIpc) is 2.94. The van der Waals surface area contributed by atoms with E-state index >= 15 is 0 Å². The third-order valence-corrected chi connectivity index (χ3v) is 4.29. The molecule has 0 aromatic rings. The molecule has 16 heavy (non-hydrogen) atoms. The van der Waals surface area contributed by atoms with E-state index in [0.717, 1.165) is 12.5 Å². The zero-order valence-corrected chi connectivity index (χ0v) is 11.1. The maximum Gasteiger partial charge on any atom is 0.00472 e. The van der Waals surface area contributed by atoms with Gasteiger partial charge in [0.2, 0.25) is 0 Å². The van der Waals surface area contributed by atoms with Gasteiger partial charge in [-0.25, -0.2) is 0 Å². The minimum absolute atomic E-state index is 0.597. The molecule has 0 aromatic carbocycles. The van der Waals surface area contributed by atoms with E-state index in [-0.39, 0.29) is 0 Å². The van der Waals surface area contributed by atoms with Crippen LogP contribution in [0.3, 0.4) is 0 Å². The summed E-state index contributed by atoms with van der Waals surface area (Å²) in [5.41, 5.74) is 0.597. The molecule has 1 N–H and O–H groups in total. The molecule has 0 unspecified atom stereocenters. The highest BCUT2D eigenvalue weighted by atomic mass is 15.1. The van der Waals surface area contributed by atoms with Crippen LogP contribution in [0.25, 0.3) is 0 Å². The van der Waals surface area contributed by atoms with Crippen molar-refractivity contribution in [2.75, 3.05) is 33.2 Å². The Morgan fingerprint density at radius 3 is 2.50 bits per heavy atom. The van der Waals surface area contributed by atoms with Gasteiger partial charge in [-0.15, -0.1) is 0 Å². The molecule has 0 aromatic heterocycles. The topological polar surface area (TPSA) is 15.3 Å². The third-order valence-electron chi connectivity index (χ3n) is 4.29. The first kappa shape index (κ1) is 12.4. The quantitative estimate of drug-likeness (QED) is 0.715. The summed E-state index contributed by atoms with van der Waals surface area (Å²) in [6.07, 6.45) is 8.73. The van der Waals surface area contributed by atoms with Gasteiger partial charge in [-0.1, -0.05) is 19.8 Å². The van der Waals surface area contributed by atoms with Crippen molar-refractivity contribution >= 4 is 0 Å². The Morgan fingerprint density at radius 2 is 1.94 bits per heavy atom. The van der Waals surface area contributed by atoms with E-state index in [4.69, 9.17) is 0 Å². The zero-order valence-electron chi connectivity index (χ0n) is 11.1. The van der Waals surface area contributed by atoms with Crippen LogP contribution in [0.1, 0.15) is 45.4 Å². The first-order valence-corrected chi connectivity index (χ1v) is 7.13. The van der Waals surface area contributed by atoms with Crippen molar-refractivity contribution in [1.29, 1.82) is 0 Å². The predicted molar refractivity (Wildman–Crippen MR) is 69.7 cm³/mol. The standard InChI is InChI=1S/C14H28N2/c1-3-15-11-14(8-4-5-9-14)12-16(2)10-13-6-7-13/h13,15H,3-12H2,1-2H3. The molecule has 2 aliphatic rings. The normalized spacial score (nSPS) is 24.2. The lowest BCUT2D eigenvalue weighted by molar-refractivity contribution is 0.169. The van der Waals surface area contributed by atoms with Crippen molar-refractivity contribution in [3.05, 3.63) is 0 Å². The monoisotopic (exact) mass is 224 g/mol. The van der Waals surface area contributed by atoms with Crippen molar-refractivity contribution < 1.29 is 0 Å². The van der Waals surface area contributed by atoms with Gasteiger partial charge >= 0.3 is 0 Å². The lowest BCUT2D eigenvalue weighted by atomic mass is 9.85. The molecule has 2 rings (SSSR count). The van der Waals surface area contributed by atoms with Crippen LogP contribution in [-0.2, 0) is 0 Å². The molecule has 2 saturated carbocycles. The number of hydrogen-bond donors (Lipinski definition) is 1. The van der Waals surface area contributed by atoms with Crippen molar-refractivity contribution in [3.8, 4) is 0 Å². The summed E-state index contributed by atoms with van der Waals surface area (Å²) in [4.78, 5) is 2.60. The highest BCUT2D eigenvalue weighted by Crippen LogP contribution is 2.39. The van der Waals surface area contributed by atoms with Gasteiger partial charge < -0.3 is 10.2 Å². The molecule has 94 valence electrons. The fourth-order valence-corrected chi connectivity index (χ4v) is 3.28. The van der Waals surface area contributed by atoms with Crippen molar-refractivity contribution in [1.82, 2.24) is 10.2 Å². The summed E-state index contributed by atoms with van der Waals surface area (Å²) in [5, 5.41) is 3.58. The summed E-state index contributed by atoms with van der Waals surface area (Å²) >= 11 is 0. The Bertz CT molecular complexity index is 205. The molecule has 0 radical (unpaired) electrons. The summed E-state index contributed by atoms with van der Waals surface area (Å²) in [5.74, 6) is 1.03. The first-order valence-electron chi connectivity index (χ1n) is 7.13. The van der Waals surface area contributed by atoms with Gasteiger partial charge in [-0.2, -0.15) is 0 Å². The van der Waals surface area contributed by atoms with E-state index in [9.17, 15) is 0 Å². The highest BCUT2D eigenvalue weighted by molar-refractivity contribution is 4.90. The third kappa shape index (κ3) is 3.46. The molecule has 0 aliphatic heterocycles. The van der Waals surface area contributed by atoms with Crippen LogP contribution >= 0.6 is 0 Å². The molecule has 2 fully saturated rings. The fraction of sp³-hybridized carbons (Fsp3) is 1.00. The maximum absolute atomic E-state index is 3.58. The zero-order chi connectivity index (χ0) is 11.4. The van der Waals surface area contributed by atoms with E-state index in [1.165, 1.54) is 58.2 Å². The summed E-state index contributed by atoms with van der Waals surface area (Å²) < 4.78 is 0. The molecule has 2 nitrogen and oxygen atoms in total. The second kappa shape index (κ2) is 5.50. The number of rotatable bonds is 7. The van der Waals surface area contributed by atoms with Crippen LogP contribution in [0.2, 0.25) is 0 Å². The molecular weight excluding hydrogens is 196 g/mol. The largest absolute Gasteiger partial charge is 0.316 e. The van der Waals surface area contributed by atoms with Crippen LogP contribution < -0.4 is 5.32 Å². The number of hydrogen-bond acceptors (Lipinski definition) is 2. The van der Waals surface area contributed by atoms with Crippen LogP contribution in [0.4, 0.5) is 0 Å². The molecule has 0 saturated heterocycles. The van der Waals surface area contributed by atoms with Gasteiger partial charge in [-0.3, -0.25) is 0 Å². The minimum atomic E-state index is 0.597. The summed E-state index contributed by atoms with van der Waals surface area (Å²) in [7, 11) is 2.32. The highest BCUT2D eigenvalue weighted by Gasteiger charge is 2.35. The second-order valence-electron chi connectivity index (χ2n) is 6.13. The Hall–Kier alpha value is -0.0800. The lowest BCUT2D eigenvalue weighted by Gasteiger charge is -2.34. The van der Waals surface area contributed by atoms with Gasteiger partial charge in [0.25, 0.3) is 0 Å². The van der Waals surface area contributed by atoms with Crippen LogP contribution in [-0.4, -0.2) is 38.1 Å². The van der Waals surface area contributed by atoms with Gasteiger partial charge in [0, 0.05) is 19.6 Å². The van der Waals surface area contributed by atoms with Gasteiger partial charge in [-0.05, 0) is 50.6 Å². The van der Waals surface area contributed by atoms with E-state index < -0.39 is 0 Å². The van der Waals surface area contributed by atoms with Crippen LogP contribution in [0.5, 0.6) is 0 Å². The van der Waals surface area contributed by atoms with Crippen LogP contribution in [0, 0.1) is 11.3 Å². The summed E-state index contributed by atoms with van der Waals surface area (Å²) in [6, 6.07) is 0. The Balaban J connectivity index is 1.80. The van der Waals surface area contributed by atoms with Gasteiger partial charge in [0.15, 0.2) is 0 Å². The molecule has 2 aliphatic carbocycles. The molecule has 0 atom stereocenters. The van der Waals surface area contributed by atoms with Crippen LogP contribution in [0.15, 0.2) is 0 Å². The van der Waals surface area contributed by atoms with Crippen molar-refractivity contribution in [3.63, 3.8) is 0 Å². The number of nitrogens with one attached hydrogen (secondary N) is 1. The predicted octanol–water partition coefficient (Wildman–Crippen LogP) is 2.50. The van der Waals surface area contributed by atoms with E-state index in [1.807, 2.05) is 0 Å². The Labute approximate surface area is 101 Å². The van der Waals surface area contributed by atoms with E-state index in [2.05, 4.69) is 24.2 Å². The van der Waals surface area contributed by atoms with Crippen molar-refractivity contribution in [2.24, 2.45) is 11.3 Å². The second-order valence-corrected chi connectivity index (χ2v) is 6.13. The fourth-order valence-electron chi connectivity index (χ4n) is 3.28. The summed E-state index contributed by atoms with van der Waals surface area (Å²) in [6.45, 7) is 7.23. The van der Waals surface area contributed by atoms with Gasteiger partial charge in [0.1, 0.15) is 0 Å². The van der Waals surface area contributed by atoms with Crippen molar-refractivity contribution in [2.45, 2.75) is 45.4 Å². The Morgan fingerprint density at radius 1 is 1.25 bits per heavy atom. The lowest BCUT2D eigenvalue weighted by Crippen LogP contribution is -2.41. The number of nitrogens with zero attached hydrogens (tertiary/aromatic N) is 1. The first-order chi connectivity index (χ1) is 7.74. The Kier molecular flexibility index (Phi) is 4.26. The minimum Gasteiger partial charge on any atom is -0.316 e. The molecule has 0 spiro atoms. The SMILES string of the molecule is CCNCC1(CN(C)CC2CC2)CCCC1. The van der Waals surface area contributed by atoms with E-state index in [0.29, 0.717) is 5.41 Å². The van der Waals surface area contributed by atoms with Gasteiger partial charge in [0.05, 0.1) is 0 Å².